The van der Waals surface area contributed by atoms with Gasteiger partial charge in [0.05, 0.1) is 17.1 Å². The van der Waals surface area contributed by atoms with Crippen molar-refractivity contribution in [1.82, 2.24) is 0 Å². The van der Waals surface area contributed by atoms with Crippen LogP contribution in [0.1, 0.15) is 25.0 Å². The van der Waals surface area contributed by atoms with Crippen LogP contribution in [0, 0.1) is 0 Å². The number of hydrogen-bond donors (Lipinski definition) is 0. The summed E-state index contributed by atoms with van der Waals surface area (Å²) in [5.74, 6) is 0. The Kier molecular flexibility index (Phi) is 8.22. The van der Waals surface area contributed by atoms with E-state index in [1.54, 1.807) is 0 Å². The van der Waals surface area contributed by atoms with Crippen molar-refractivity contribution in [2.75, 3.05) is 14.7 Å². The minimum atomic E-state index is -0.362. The number of furan rings is 1. The monoisotopic (exact) mass is 833 g/mol. The second kappa shape index (κ2) is 14.3. The summed E-state index contributed by atoms with van der Waals surface area (Å²) in [5.41, 5.74) is 18.8. The summed E-state index contributed by atoms with van der Waals surface area (Å²) in [6, 6.07) is 81.8. The summed E-state index contributed by atoms with van der Waals surface area (Å²) >= 11 is 0. The Morgan fingerprint density at radius 1 is 0.354 bits per heavy atom. The Hall–Kier alpha value is -8.34. The topological polar surface area (TPSA) is 22.9 Å². The fourth-order valence-corrected chi connectivity index (χ4v) is 10.6. The van der Waals surface area contributed by atoms with Crippen LogP contribution in [0.15, 0.2) is 229 Å². The fourth-order valence-electron chi connectivity index (χ4n) is 10.6. The Balaban J connectivity index is 1.13. The summed E-state index contributed by atoms with van der Waals surface area (Å²) in [4.78, 5) is 7.37. The molecule has 10 aromatic carbocycles. The maximum absolute atomic E-state index is 6.35. The van der Waals surface area contributed by atoms with Crippen LogP contribution in [-0.2, 0) is 5.41 Å². The fraction of sp³-hybridized carbons (Fsp3) is 0.0492. The van der Waals surface area contributed by atoms with E-state index in [2.05, 4.69) is 247 Å². The van der Waals surface area contributed by atoms with Gasteiger partial charge in [-0.3, -0.25) is 0 Å². The molecule has 2 aliphatic rings. The van der Waals surface area contributed by atoms with Crippen LogP contribution in [0.4, 0.5) is 51.2 Å². The van der Waals surface area contributed by atoms with Crippen LogP contribution in [0.2, 0.25) is 0 Å². The lowest BCUT2D eigenvalue weighted by Gasteiger charge is -2.43. The van der Waals surface area contributed by atoms with Crippen molar-refractivity contribution in [3.05, 3.63) is 236 Å². The molecule has 1 aromatic heterocycles. The molecule has 2 aliphatic heterocycles. The Morgan fingerprint density at radius 3 is 1.58 bits per heavy atom. The molecule has 0 saturated heterocycles. The highest BCUT2D eigenvalue weighted by molar-refractivity contribution is 6.11. The van der Waals surface area contributed by atoms with E-state index in [9.17, 15) is 0 Å². The second-order valence-corrected chi connectivity index (χ2v) is 17.8. The van der Waals surface area contributed by atoms with Gasteiger partial charge in [-0.25, -0.2) is 0 Å². The molecule has 65 heavy (non-hydrogen) atoms. The molecule has 3 heterocycles. The molecule has 0 atom stereocenters. The number of benzene rings is 10. The molecule has 11 aromatic rings. The molecule has 0 bridgehead atoms. The van der Waals surface area contributed by atoms with Crippen LogP contribution < -0.4 is 14.7 Å². The highest BCUT2D eigenvalue weighted by atomic mass is 16.3. The van der Waals surface area contributed by atoms with Gasteiger partial charge in [0.1, 0.15) is 11.2 Å². The van der Waals surface area contributed by atoms with E-state index < -0.39 is 0 Å². The molecule has 0 fully saturated rings. The molecule has 0 saturated carbocycles. The lowest BCUT2D eigenvalue weighted by Crippen LogP contribution is -2.31. The largest absolute Gasteiger partial charge is 0.456 e. The van der Waals surface area contributed by atoms with Gasteiger partial charge in [-0.05, 0) is 136 Å². The van der Waals surface area contributed by atoms with Gasteiger partial charge in [-0.1, -0.05) is 135 Å². The van der Waals surface area contributed by atoms with Crippen molar-refractivity contribution in [3.8, 4) is 22.3 Å². The molecule has 0 radical (unpaired) electrons. The van der Waals surface area contributed by atoms with Gasteiger partial charge < -0.3 is 19.1 Å². The van der Waals surface area contributed by atoms with Gasteiger partial charge in [0, 0.05) is 61.4 Å². The number of para-hydroxylation sites is 5. The number of hydrogen-bond acceptors (Lipinski definition) is 4. The van der Waals surface area contributed by atoms with Crippen molar-refractivity contribution in [1.29, 1.82) is 0 Å². The van der Waals surface area contributed by atoms with Crippen molar-refractivity contribution in [2.45, 2.75) is 19.3 Å². The summed E-state index contributed by atoms with van der Waals surface area (Å²) < 4.78 is 6.35. The summed E-state index contributed by atoms with van der Waals surface area (Å²) in [5, 5.41) is 4.63. The van der Waals surface area contributed by atoms with Gasteiger partial charge >= 0.3 is 0 Å². The molecule has 0 amide bonds. The molecule has 0 spiro atoms. The average molecular weight is 834 g/mol. The first kappa shape index (κ1) is 37.2. The van der Waals surface area contributed by atoms with E-state index in [0.29, 0.717) is 0 Å². The van der Waals surface area contributed by atoms with E-state index in [-0.39, 0.29) is 5.41 Å². The van der Waals surface area contributed by atoms with Gasteiger partial charge in [-0.15, -0.1) is 0 Å². The summed E-state index contributed by atoms with van der Waals surface area (Å²) in [6.45, 7) is 4.80. The zero-order valence-electron chi connectivity index (χ0n) is 36.1. The first-order chi connectivity index (χ1) is 32.0. The molecule has 4 nitrogen and oxygen atoms in total. The van der Waals surface area contributed by atoms with Crippen LogP contribution >= 0.6 is 0 Å². The molecular formula is C61H43N3O. The third kappa shape index (κ3) is 5.77. The maximum Gasteiger partial charge on any atom is 0.135 e. The number of anilines is 9. The first-order valence-corrected chi connectivity index (χ1v) is 22.4. The normalized spacial score (nSPS) is 13.2. The maximum atomic E-state index is 6.35. The third-order valence-corrected chi connectivity index (χ3v) is 13.7. The van der Waals surface area contributed by atoms with Crippen LogP contribution in [0.25, 0.3) is 55.0 Å². The number of fused-ring (bicyclic) bond motifs is 11. The zero-order chi connectivity index (χ0) is 43.2. The van der Waals surface area contributed by atoms with E-state index in [0.717, 1.165) is 61.8 Å². The van der Waals surface area contributed by atoms with Gasteiger partial charge in [0.15, 0.2) is 0 Å². The van der Waals surface area contributed by atoms with Crippen molar-refractivity contribution >= 4 is 83.9 Å². The quantitative estimate of drug-likeness (QED) is 0.166. The van der Waals surface area contributed by atoms with Crippen molar-refractivity contribution in [3.63, 3.8) is 0 Å². The first-order valence-electron chi connectivity index (χ1n) is 22.4. The van der Waals surface area contributed by atoms with Gasteiger partial charge in [0.25, 0.3) is 0 Å². The Bertz CT molecular complexity index is 3610. The van der Waals surface area contributed by atoms with E-state index in [1.807, 2.05) is 6.07 Å². The zero-order valence-corrected chi connectivity index (χ0v) is 36.1. The average Bonchev–Trinajstić information content (AvgIpc) is 3.68. The second-order valence-electron chi connectivity index (χ2n) is 17.8. The van der Waals surface area contributed by atoms with Crippen LogP contribution in [0.3, 0.4) is 0 Å². The third-order valence-electron chi connectivity index (χ3n) is 13.7. The van der Waals surface area contributed by atoms with Gasteiger partial charge in [-0.2, -0.15) is 0 Å². The number of nitrogens with zero attached hydrogens (tertiary/aromatic N) is 3. The Labute approximate surface area is 378 Å². The molecule has 13 rings (SSSR count). The Morgan fingerprint density at radius 2 is 0.892 bits per heavy atom. The summed E-state index contributed by atoms with van der Waals surface area (Å²) in [6.07, 6.45) is 0. The van der Waals surface area contributed by atoms with E-state index in [4.69, 9.17) is 4.42 Å². The summed E-state index contributed by atoms with van der Waals surface area (Å²) in [7, 11) is 0. The molecule has 0 aliphatic carbocycles. The van der Waals surface area contributed by atoms with Crippen molar-refractivity contribution in [2.24, 2.45) is 0 Å². The molecule has 308 valence electrons. The van der Waals surface area contributed by atoms with Gasteiger partial charge in [0.2, 0.25) is 0 Å². The van der Waals surface area contributed by atoms with Crippen LogP contribution in [0.5, 0.6) is 0 Å². The van der Waals surface area contributed by atoms with E-state index in [1.165, 1.54) is 55.5 Å². The predicted molar refractivity (Wildman–Crippen MR) is 272 cm³/mol. The smallest absolute Gasteiger partial charge is 0.135 e. The van der Waals surface area contributed by atoms with Crippen LogP contribution in [-0.4, -0.2) is 0 Å². The SMILES string of the molecule is CC1(C)c2ccccc2N2c3cc(N(c4ccccc4)c4ccccc4)ccc3-c3cc4ccccc4cc3-c3cc(N(c4ccccc4)c4ccc5oc6ccccc6c5c4)cc1c32. The number of rotatable bonds is 6. The molecule has 0 unspecified atom stereocenters. The lowest BCUT2D eigenvalue weighted by atomic mass is 9.72. The molecular weight excluding hydrogens is 791 g/mol. The molecule has 0 N–H and O–H groups in total. The standard InChI is InChI=1S/C61H43N3O/c1-61(2)54-27-15-16-28-56(54)64-57-39-46(62(42-20-6-3-7-21-42)43-22-8-4-9-23-43)30-32-48(57)50-34-40-18-12-13-19-41(40)35-51(50)53-37-47(38-55(61)60(53)64)63(44-24-10-5-11-25-44)45-31-33-59-52(36-45)49-26-14-17-29-58(49)65-59/h3-39H,1-2H3. The highest BCUT2D eigenvalue weighted by Gasteiger charge is 2.42. The highest BCUT2D eigenvalue weighted by Crippen LogP contribution is 2.61. The molecule has 4 heteroatoms. The lowest BCUT2D eigenvalue weighted by molar-refractivity contribution is 0.632. The van der Waals surface area contributed by atoms with E-state index >= 15 is 0 Å². The minimum absolute atomic E-state index is 0.362. The predicted octanol–water partition coefficient (Wildman–Crippen LogP) is 17.4. The minimum Gasteiger partial charge on any atom is -0.456 e. The van der Waals surface area contributed by atoms with Crippen molar-refractivity contribution < 1.29 is 4.42 Å².